The highest BCUT2D eigenvalue weighted by atomic mass is 16.5. The zero-order valence-electron chi connectivity index (χ0n) is 9.05. The number of anilines is 1. The summed E-state index contributed by atoms with van der Waals surface area (Å²) >= 11 is 0. The van der Waals surface area contributed by atoms with E-state index in [1.165, 1.54) is 0 Å². The average Bonchev–Trinajstić information content (AvgIpc) is 2.89. The molecule has 1 fully saturated rings. The van der Waals surface area contributed by atoms with E-state index in [1.807, 2.05) is 18.2 Å². The Morgan fingerprint density at radius 3 is 2.88 bits per heavy atom. The van der Waals surface area contributed by atoms with Crippen molar-refractivity contribution in [2.45, 2.75) is 19.3 Å². The first-order chi connectivity index (χ1) is 7.77. The lowest BCUT2D eigenvalue weighted by Gasteiger charge is -1.99. The van der Waals surface area contributed by atoms with Gasteiger partial charge in [0.05, 0.1) is 11.3 Å². The molecule has 1 saturated carbocycles. The van der Waals surface area contributed by atoms with E-state index in [-0.39, 0.29) is 0 Å². The molecule has 0 radical (unpaired) electrons. The molecule has 2 atom stereocenters. The van der Waals surface area contributed by atoms with Gasteiger partial charge in [-0.3, -0.25) is 4.98 Å². The Labute approximate surface area is 93.5 Å². The summed E-state index contributed by atoms with van der Waals surface area (Å²) < 4.78 is 5.33. The van der Waals surface area contributed by atoms with E-state index in [2.05, 4.69) is 17.1 Å². The van der Waals surface area contributed by atoms with Gasteiger partial charge in [0.25, 0.3) is 0 Å². The fraction of sp³-hybridized carbons (Fsp3) is 0.333. The van der Waals surface area contributed by atoms with Crippen LogP contribution in [0.4, 0.5) is 5.82 Å². The quantitative estimate of drug-likeness (QED) is 0.835. The van der Waals surface area contributed by atoms with Gasteiger partial charge in [-0.05, 0) is 24.5 Å². The summed E-state index contributed by atoms with van der Waals surface area (Å²) in [5, 5.41) is 3.85. The number of hydrogen-bond donors (Lipinski definition) is 1. The molecule has 0 aromatic carbocycles. The molecule has 4 nitrogen and oxygen atoms in total. The number of rotatable bonds is 2. The van der Waals surface area contributed by atoms with E-state index in [9.17, 15) is 0 Å². The summed E-state index contributed by atoms with van der Waals surface area (Å²) in [6, 6.07) is 5.75. The van der Waals surface area contributed by atoms with Crippen molar-refractivity contribution >= 4 is 5.82 Å². The fourth-order valence-corrected chi connectivity index (χ4v) is 2.02. The molecular formula is C12H13N3O. The SMILES string of the molecule is CC1CC1c1onc(N)c1-c1ccccn1. The third-order valence-electron chi connectivity index (χ3n) is 3.11. The topological polar surface area (TPSA) is 64.9 Å². The van der Waals surface area contributed by atoms with Crippen LogP contribution in [-0.2, 0) is 0 Å². The van der Waals surface area contributed by atoms with E-state index in [1.54, 1.807) is 6.20 Å². The Kier molecular flexibility index (Phi) is 1.96. The van der Waals surface area contributed by atoms with Crippen LogP contribution >= 0.6 is 0 Å². The Morgan fingerprint density at radius 2 is 2.25 bits per heavy atom. The van der Waals surface area contributed by atoms with Crippen molar-refractivity contribution in [2.24, 2.45) is 5.92 Å². The van der Waals surface area contributed by atoms with Gasteiger partial charge in [-0.25, -0.2) is 0 Å². The summed E-state index contributed by atoms with van der Waals surface area (Å²) in [6.45, 7) is 2.20. The summed E-state index contributed by atoms with van der Waals surface area (Å²) in [6.07, 6.45) is 2.90. The predicted octanol–water partition coefficient (Wildman–Crippen LogP) is 2.44. The molecule has 16 heavy (non-hydrogen) atoms. The lowest BCUT2D eigenvalue weighted by Crippen LogP contribution is -1.91. The largest absolute Gasteiger partial charge is 0.380 e. The maximum Gasteiger partial charge on any atom is 0.176 e. The number of aromatic nitrogens is 2. The van der Waals surface area contributed by atoms with Crippen LogP contribution in [0.1, 0.15) is 25.0 Å². The summed E-state index contributed by atoms with van der Waals surface area (Å²) in [7, 11) is 0. The average molecular weight is 215 g/mol. The summed E-state index contributed by atoms with van der Waals surface area (Å²) in [5.41, 5.74) is 7.55. The van der Waals surface area contributed by atoms with Gasteiger partial charge in [-0.2, -0.15) is 0 Å². The van der Waals surface area contributed by atoms with Crippen molar-refractivity contribution in [3.63, 3.8) is 0 Å². The highest BCUT2D eigenvalue weighted by Crippen LogP contribution is 2.50. The third-order valence-corrected chi connectivity index (χ3v) is 3.11. The van der Waals surface area contributed by atoms with Crippen molar-refractivity contribution in [2.75, 3.05) is 5.73 Å². The lowest BCUT2D eigenvalue weighted by molar-refractivity contribution is 0.384. The van der Waals surface area contributed by atoms with E-state index >= 15 is 0 Å². The number of nitrogen functional groups attached to an aromatic ring is 1. The first-order valence-corrected chi connectivity index (χ1v) is 5.44. The van der Waals surface area contributed by atoms with Gasteiger partial charge in [-0.15, -0.1) is 0 Å². The van der Waals surface area contributed by atoms with Crippen LogP contribution in [0.2, 0.25) is 0 Å². The molecule has 0 spiro atoms. The second kappa shape index (κ2) is 3.33. The second-order valence-corrected chi connectivity index (χ2v) is 4.34. The number of hydrogen-bond acceptors (Lipinski definition) is 4. The number of nitrogens with zero attached hydrogens (tertiary/aromatic N) is 2. The third kappa shape index (κ3) is 1.38. The van der Waals surface area contributed by atoms with Gasteiger partial charge in [0.2, 0.25) is 0 Å². The van der Waals surface area contributed by atoms with Crippen LogP contribution < -0.4 is 5.73 Å². The molecule has 1 aliphatic carbocycles. The fourth-order valence-electron chi connectivity index (χ4n) is 2.02. The summed E-state index contributed by atoms with van der Waals surface area (Å²) in [5.74, 6) is 2.45. The minimum atomic E-state index is 0.438. The van der Waals surface area contributed by atoms with Crippen LogP contribution in [0.5, 0.6) is 0 Å². The van der Waals surface area contributed by atoms with Crippen molar-refractivity contribution < 1.29 is 4.52 Å². The minimum absolute atomic E-state index is 0.438. The van der Waals surface area contributed by atoms with Gasteiger partial charge in [0, 0.05) is 12.1 Å². The van der Waals surface area contributed by atoms with Crippen molar-refractivity contribution in [1.82, 2.24) is 10.1 Å². The van der Waals surface area contributed by atoms with Crippen LogP contribution in [0.15, 0.2) is 28.9 Å². The van der Waals surface area contributed by atoms with Gasteiger partial charge < -0.3 is 10.3 Å². The maximum absolute atomic E-state index is 5.84. The maximum atomic E-state index is 5.84. The highest BCUT2D eigenvalue weighted by molar-refractivity contribution is 5.73. The minimum Gasteiger partial charge on any atom is -0.380 e. The zero-order chi connectivity index (χ0) is 11.1. The second-order valence-electron chi connectivity index (χ2n) is 4.34. The molecule has 0 saturated heterocycles. The highest BCUT2D eigenvalue weighted by Gasteiger charge is 2.40. The molecule has 2 aromatic heterocycles. The Hall–Kier alpha value is -1.84. The number of nitrogens with two attached hydrogens (primary N) is 1. The smallest absolute Gasteiger partial charge is 0.176 e. The molecule has 82 valence electrons. The molecular weight excluding hydrogens is 202 g/mol. The molecule has 2 N–H and O–H groups in total. The number of pyridine rings is 1. The monoisotopic (exact) mass is 215 g/mol. The Bertz CT molecular complexity index is 506. The van der Waals surface area contributed by atoms with Crippen molar-refractivity contribution in [1.29, 1.82) is 0 Å². The predicted molar refractivity (Wildman–Crippen MR) is 60.7 cm³/mol. The molecule has 0 bridgehead atoms. The molecule has 2 aromatic rings. The van der Waals surface area contributed by atoms with Crippen LogP contribution in [-0.4, -0.2) is 10.1 Å². The zero-order valence-corrected chi connectivity index (χ0v) is 9.05. The van der Waals surface area contributed by atoms with Crippen LogP contribution in [0, 0.1) is 5.92 Å². The molecule has 0 aliphatic heterocycles. The lowest BCUT2D eigenvalue weighted by atomic mass is 10.1. The normalized spacial score (nSPS) is 23.3. The molecule has 1 aliphatic rings. The van der Waals surface area contributed by atoms with Crippen molar-refractivity contribution in [3.05, 3.63) is 30.2 Å². The van der Waals surface area contributed by atoms with Crippen LogP contribution in [0.3, 0.4) is 0 Å². The Balaban J connectivity index is 2.09. The Morgan fingerprint density at radius 1 is 1.44 bits per heavy atom. The molecule has 2 unspecified atom stereocenters. The van der Waals surface area contributed by atoms with Gasteiger partial charge in [0.15, 0.2) is 11.6 Å². The van der Waals surface area contributed by atoms with E-state index < -0.39 is 0 Å². The van der Waals surface area contributed by atoms with Crippen LogP contribution in [0.25, 0.3) is 11.3 Å². The first kappa shape index (κ1) is 9.39. The van der Waals surface area contributed by atoms with E-state index in [0.29, 0.717) is 17.7 Å². The molecule has 0 amide bonds. The van der Waals surface area contributed by atoms with E-state index in [0.717, 1.165) is 23.4 Å². The van der Waals surface area contributed by atoms with Gasteiger partial charge in [0.1, 0.15) is 0 Å². The standard InChI is InChI=1S/C12H13N3O/c1-7-6-8(7)11-10(12(13)15-16-11)9-4-2-3-5-14-9/h2-5,7-8H,6H2,1H3,(H2,13,15). The molecule has 3 rings (SSSR count). The van der Waals surface area contributed by atoms with Gasteiger partial charge >= 0.3 is 0 Å². The molecule has 2 heterocycles. The van der Waals surface area contributed by atoms with E-state index in [4.69, 9.17) is 10.3 Å². The summed E-state index contributed by atoms with van der Waals surface area (Å²) in [4.78, 5) is 4.30. The first-order valence-electron chi connectivity index (χ1n) is 5.44. The molecule has 4 heteroatoms. The van der Waals surface area contributed by atoms with Crippen molar-refractivity contribution in [3.8, 4) is 11.3 Å². The van der Waals surface area contributed by atoms with Gasteiger partial charge in [-0.1, -0.05) is 18.1 Å².